The molecule has 436 valence electrons. The summed E-state index contributed by atoms with van der Waals surface area (Å²) in [4.78, 5) is 38.2. The molecule has 0 aliphatic rings. The zero-order valence-corrected chi connectivity index (χ0v) is 49.9. The van der Waals surface area contributed by atoms with E-state index in [2.05, 4.69) is 142 Å². The maximum atomic E-state index is 12.8. The Morgan fingerprint density at radius 3 is 0.883 bits per heavy atom. The zero-order chi connectivity index (χ0) is 55.7. The summed E-state index contributed by atoms with van der Waals surface area (Å²) in [5, 5.41) is 0. The summed E-state index contributed by atoms with van der Waals surface area (Å²) >= 11 is 0. The van der Waals surface area contributed by atoms with E-state index in [1.807, 2.05) is 6.08 Å². The van der Waals surface area contributed by atoms with Gasteiger partial charge in [-0.2, -0.15) is 0 Å². The molecule has 0 aromatic rings. The highest BCUT2D eigenvalue weighted by Crippen LogP contribution is 2.16. The van der Waals surface area contributed by atoms with Gasteiger partial charge in [-0.3, -0.25) is 14.4 Å². The van der Waals surface area contributed by atoms with Crippen LogP contribution < -0.4 is 0 Å². The second kappa shape index (κ2) is 64.1. The molecule has 77 heavy (non-hydrogen) atoms. The Bertz CT molecular complexity index is 1650. The number of carbonyl (C=O) groups is 3. The van der Waals surface area contributed by atoms with Crippen LogP contribution in [-0.2, 0) is 28.6 Å². The monoisotopic (exact) mass is 1060 g/mol. The van der Waals surface area contributed by atoms with Gasteiger partial charge in [-0.15, -0.1) is 0 Å². The van der Waals surface area contributed by atoms with Crippen LogP contribution in [-0.4, -0.2) is 37.2 Å². The van der Waals surface area contributed by atoms with Gasteiger partial charge in [0.15, 0.2) is 6.10 Å². The van der Waals surface area contributed by atoms with Gasteiger partial charge in [-0.25, -0.2) is 0 Å². The molecule has 0 saturated heterocycles. The highest BCUT2D eigenvalue weighted by Gasteiger charge is 2.19. The van der Waals surface area contributed by atoms with Crippen molar-refractivity contribution in [1.82, 2.24) is 0 Å². The molecule has 0 saturated carbocycles. The Balaban J connectivity index is 4.34. The van der Waals surface area contributed by atoms with E-state index in [9.17, 15) is 14.4 Å². The zero-order valence-electron chi connectivity index (χ0n) is 49.9. The van der Waals surface area contributed by atoms with Gasteiger partial charge in [0.25, 0.3) is 0 Å². The lowest BCUT2D eigenvalue weighted by Crippen LogP contribution is -2.30. The van der Waals surface area contributed by atoms with Gasteiger partial charge in [-0.05, 0) is 116 Å². The number of unbranched alkanes of at least 4 members (excludes halogenated alkanes) is 24. The molecule has 0 heterocycles. The highest BCUT2D eigenvalue weighted by atomic mass is 16.6. The summed E-state index contributed by atoms with van der Waals surface area (Å²) in [6.07, 6.45) is 90.8. The minimum atomic E-state index is -0.854. The van der Waals surface area contributed by atoms with Crippen LogP contribution >= 0.6 is 0 Å². The van der Waals surface area contributed by atoms with E-state index in [4.69, 9.17) is 14.2 Å². The van der Waals surface area contributed by atoms with E-state index in [1.165, 1.54) is 135 Å². The third-order valence-electron chi connectivity index (χ3n) is 13.2. The molecular weight excluding hydrogens is 949 g/mol. The number of allylic oxidation sites excluding steroid dienone is 21. The van der Waals surface area contributed by atoms with Crippen LogP contribution in [0.4, 0.5) is 0 Å². The Kier molecular flexibility index (Phi) is 60.4. The van der Waals surface area contributed by atoms with E-state index in [-0.39, 0.29) is 38.0 Å². The lowest BCUT2D eigenvalue weighted by molar-refractivity contribution is -0.166. The lowest BCUT2D eigenvalue weighted by atomic mass is 10.0. The van der Waals surface area contributed by atoms with Crippen molar-refractivity contribution in [2.24, 2.45) is 0 Å². The van der Waals surface area contributed by atoms with Crippen molar-refractivity contribution in [2.45, 2.75) is 284 Å². The van der Waals surface area contributed by atoms with Crippen molar-refractivity contribution >= 4 is 17.9 Å². The van der Waals surface area contributed by atoms with Gasteiger partial charge in [-0.1, -0.05) is 276 Å². The predicted molar refractivity (Wildman–Crippen MR) is 334 cm³/mol. The minimum Gasteiger partial charge on any atom is -0.462 e. The van der Waals surface area contributed by atoms with Crippen molar-refractivity contribution in [3.05, 3.63) is 134 Å². The quantitative estimate of drug-likeness (QED) is 0.0261. The molecule has 1 atom stereocenters. The first-order valence-corrected chi connectivity index (χ1v) is 31.7. The van der Waals surface area contributed by atoms with Gasteiger partial charge in [0, 0.05) is 12.8 Å². The average molecular weight is 1070 g/mol. The second-order valence-electron chi connectivity index (χ2n) is 20.6. The normalized spacial score (nSPS) is 13.0. The first kappa shape index (κ1) is 72.5. The van der Waals surface area contributed by atoms with E-state index in [1.54, 1.807) is 6.08 Å². The smallest absolute Gasteiger partial charge is 0.310 e. The Morgan fingerprint density at radius 1 is 0.286 bits per heavy atom. The second-order valence-corrected chi connectivity index (χ2v) is 20.6. The minimum absolute atomic E-state index is 0.0838. The van der Waals surface area contributed by atoms with Crippen LogP contribution in [0.15, 0.2) is 134 Å². The van der Waals surface area contributed by atoms with Crippen molar-refractivity contribution in [1.29, 1.82) is 0 Å². The third kappa shape index (κ3) is 62.3. The molecule has 0 amide bonds. The van der Waals surface area contributed by atoms with Crippen molar-refractivity contribution in [3.63, 3.8) is 0 Å². The molecule has 0 bridgehead atoms. The van der Waals surface area contributed by atoms with Crippen molar-refractivity contribution in [2.75, 3.05) is 13.2 Å². The molecule has 0 aromatic heterocycles. The molecular formula is C71H116O6. The lowest BCUT2D eigenvalue weighted by Gasteiger charge is -2.18. The van der Waals surface area contributed by atoms with Crippen LogP contribution in [0.2, 0.25) is 0 Å². The number of hydrogen-bond donors (Lipinski definition) is 0. The summed E-state index contributed by atoms with van der Waals surface area (Å²) in [7, 11) is 0. The fraction of sp³-hybridized carbons (Fsp3) is 0.648. The molecule has 0 aromatic carbocycles. The van der Waals surface area contributed by atoms with Crippen molar-refractivity contribution in [3.8, 4) is 0 Å². The van der Waals surface area contributed by atoms with Gasteiger partial charge >= 0.3 is 17.9 Å². The summed E-state index contributed by atoms with van der Waals surface area (Å²) in [5.41, 5.74) is 0. The fourth-order valence-corrected chi connectivity index (χ4v) is 8.48. The first-order valence-electron chi connectivity index (χ1n) is 31.7. The first-order chi connectivity index (χ1) is 38.0. The Hall–Kier alpha value is -4.45. The molecule has 6 heteroatoms. The van der Waals surface area contributed by atoms with E-state index in [0.29, 0.717) is 19.3 Å². The van der Waals surface area contributed by atoms with E-state index < -0.39 is 12.1 Å². The maximum Gasteiger partial charge on any atom is 0.310 e. The molecule has 6 nitrogen and oxygen atoms in total. The molecule has 0 spiro atoms. The standard InChI is InChI=1S/C71H116O6/c1-4-7-10-13-16-19-22-25-28-29-30-31-32-33-34-35-36-37-38-39-40-41-44-46-49-52-55-58-61-64-70(73)76-67-68(77-71(74)65-62-59-56-53-50-47-43-27-24-21-18-15-12-9-6-3)66-75-69(72)63-60-57-54-51-48-45-42-26-23-20-17-14-11-8-5-2/h8-9,11-12,17-18,20-22,25-27,29-30,42-43,48,50-51,53,59,62,68H,4-7,10,13-16,19,23-24,28,31-41,44-47,49,52,54-58,60-61,63-67H2,1-3H3/b11-8-,12-9-,20-17-,21-18-,25-22-,30-29-,42-26-,43-27-,51-48-,53-50-,62-59-. The Labute approximate surface area is 475 Å². The summed E-state index contributed by atoms with van der Waals surface area (Å²) in [6, 6.07) is 0. The highest BCUT2D eigenvalue weighted by molar-refractivity contribution is 5.72. The van der Waals surface area contributed by atoms with E-state index in [0.717, 1.165) is 89.9 Å². The number of esters is 3. The van der Waals surface area contributed by atoms with Crippen LogP contribution in [0.5, 0.6) is 0 Å². The topological polar surface area (TPSA) is 78.9 Å². The molecule has 0 aliphatic heterocycles. The molecule has 1 unspecified atom stereocenters. The summed E-state index contributed by atoms with van der Waals surface area (Å²) in [6.45, 7) is 6.29. The van der Waals surface area contributed by atoms with Gasteiger partial charge in [0.1, 0.15) is 13.2 Å². The fourth-order valence-electron chi connectivity index (χ4n) is 8.48. The van der Waals surface area contributed by atoms with Crippen LogP contribution in [0.1, 0.15) is 278 Å². The molecule has 0 fully saturated rings. The van der Waals surface area contributed by atoms with Crippen molar-refractivity contribution < 1.29 is 28.6 Å². The number of hydrogen-bond acceptors (Lipinski definition) is 6. The summed E-state index contributed by atoms with van der Waals surface area (Å²) in [5.74, 6) is -1.11. The number of rotatable bonds is 56. The maximum absolute atomic E-state index is 12.8. The Morgan fingerprint density at radius 2 is 0.545 bits per heavy atom. The van der Waals surface area contributed by atoms with E-state index >= 15 is 0 Å². The predicted octanol–water partition coefficient (Wildman–Crippen LogP) is 21.8. The SMILES string of the molecule is CC/C=C\C/C=C\C/C=C\C/C=C\C/C=C\CC(=O)OC(COC(=O)CCCC/C=C\C/C=C\C/C=C\C/C=C\CC)COC(=O)CCCCCCCCCCCCCCCCCCC/C=C\C/C=C\CCCCCCC. The molecule has 0 rings (SSSR count). The van der Waals surface area contributed by atoms with Crippen LogP contribution in [0, 0.1) is 0 Å². The third-order valence-corrected chi connectivity index (χ3v) is 13.2. The molecule has 0 radical (unpaired) electrons. The van der Waals surface area contributed by atoms with Crippen LogP contribution in [0.3, 0.4) is 0 Å². The molecule has 0 aliphatic carbocycles. The largest absolute Gasteiger partial charge is 0.462 e. The van der Waals surface area contributed by atoms with Gasteiger partial charge < -0.3 is 14.2 Å². The molecule has 0 N–H and O–H groups in total. The number of carbonyl (C=O) groups excluding carboxylic acids is 3. The average Bonchev–Trinajstić information content (AvgIpc) is 3.43. The number of ether oxygens (including phenoxy) is 3. The summed E-state index contributed by atoms with van der Waals surface area (Å²) < 4.78 is 16.7. The van der Waals surface area contributed by atoms with Gasteiger partial charge in [0.05, 0.1) is 6.42 Å². The van der Waals surface area contributed by atoms with Gasteiger partial charge in [0.2, 0.25) is 0 Å². The van der Waals surface area contributed by atoms with Crippen LogP contribution in [0.25, 0.3) is 0 Å².